The molecular formula is C15H18N2OS. The highest BCUT2D eigenvalue weighted by Gasteiger charge is 2.10. The minimum Gasteiger partial charge on any atom is -0.385 e. The lowest BCUT2D eigenvalue weighted by molar-refractivity contribution is 0.102. The third-order valence-electron chi connectivity index (χ3n) is 2.85. The van der Waals surface area contributed by atoms with E-state index in [-0.39, 0.29) is 5.78 Å². The number of aromatic nitrogens is 1. The summed E-state index contributed by atoms with van der Waals surface area (Å²) in [6.07, 6.45) is 0.840. The summed E-state index contributed by atoms with van der Waals surface area (Å²) in [5.41, 5.74) is 3.22. The van der Waals surface area contributed by atoms with Crippen LogP contribution >= 0.6 is 11.3 Å². The maximum Gasteiger partial charge on any atom is 0.171 e. The summed E-state index contributed by atoms with van der Waals surface area (Å²) < 4.78 is 0. The normalized spacial score (nSPS) is 10.5. The van der Waals surface area contributed by atoms with Gasteiger partial charge in [-0.25, -0.2) is 4.98 Å². The second kappa shape index (κ2) is 5.97. The molecule has 1 aromatic heterocycles. The van der Waals surface area contributed by atoms with Crippen molar-refractivity contribution in [2.75, 3.05) is 11.9 Å². The van der Waals surface area contributed by atoms with Gasteiger partial charge in [0, 0.05) is 25.6 Å². The molecule has 0 saturated heterocycles. The van der Waals surface area contributed by atoms with Gasteiger partial charge in [-0.2, -0.15) is 0 Å². The number of carbonyl (C=O) groups excluding carboxylic acids is 1. The van der Waals surface area contributed by atoms with Crippen molar-refractivity contribution in [2.45, 2.75) is 27.2 Å². The van der Waals surface area contributed by atoms with Crippen LogP contribution in [0.5, 0.6) is 0 Å². The molecule has 2 rings (SSSR count). The number of aryl methyl sites for hydroxylation is 2. The zero-order valence-corrected chi connectivity index (χ0v) is 12.3. The van der Waals surface area contributed by atoms with Gasteiger partial charge < -0.3 is 5.32 Å². The summed E-state index contributed by atoms with van der Waals surface area (Å²) in [5, 5.41) is 4.39. The quantitative estimate of drug-likeness (QED) is 0.847. The molecule has 0 fully saturated rings. The third-order valence-corrected chi connectivity index (χ3v) is 4.16. The molecule has 0 saturated carbocycles. The van der Waals surface area contributed by atoms with Gasteiger partial charge in [-0.05, 0) is 31.5 Å². The molecule has 1 aromatic carbocycles. The van der Waals surface area contributed by atoms with Crippen LogP contribution in [0.15, 0.2) is 24.3 Å². The molecule has 0 amide bonds. The van der Waals surface area contributed by atoms with E-state index in [1.807, 2.05) is 13.0 Å². The Kier molecular flexibility index (Phi) is 4.32. The first-order valence-corrected chi connectivity index (χ1v) is 7.15. The first-order valence-electron chi connectivity index (χ1n) is 6.34. The predicted molar refractivity (Wildman–Crippen MR) is 80.2 cm³/mol. The number of hydrogen-bond donors (Lipinski definition) is 1. The molecule has 0 radical (unpaired) electrons. The summed E-state index contributed by atoms with van der Waals surface area (Å²) in [6.45, 7) is 6.39. The van der Waals surface area contributed by atoms with E-state index >= 15 is 0 Å². The van der Waals surface area contributed by atoms with Gasteiger partial charge in [0.15, 0.2) is 5.78 Å². The Morgan fingerprint density at radius 3 is 2.79 bits per heavy atom. The van der Waals surface area contributed by atoms with Gasteiger partial charge in [-0.1, -0.05) is 12.1 Å². The number of benzene rings is 1. The average Bonchev–Trinajstić information content (AvgIpc) is 2.71. The smallest absolute Gasteiger partial charge is 0.171 e. The van der Waals surface area contributed by atoms with Crippen LogP contribution < -0.4 is 5.32 Å². The lowest BCUT2D eigenvalue weighted by atomic mass is 10.2. The molecule has 0 aliphatic carbocycles. The van der Waals surface area contributed by atoms with Gasteiger partial charge in [0.25, 0.3) is 0 Å². The van der Waals surface area contributed by atoms with Crippen LogP contribution in [0.4, 0.5) is 5.69 Å². The van der Waals surface area contributed by atoms with Crippen molar-refractivity contribution in [1.29, 1.82) is 0 Å². The van der Waals surface area contributed by atoms with Gasteiger partial charge in [-0.15, -0.1) is 11.3 Å². The minimum absolute atomic E-state index is 0.105. The van der Waals surface area contributed by atoms with Crippen molar-refractivity contribution < 1.29 is 4.79 Å². The fourth-order valence-electron chi connectivity index (χ4n) is 1.95. The summed E-state index contributed by atoms with van der Waals surface area (Å²) in [7, 11) is 0. The number of hydrogen-bond acceptors (Lipinski definition) is 4. The second-order valence-electron chi connectivity index (χ2n) is 4.62. The highest BCUT2D eigenvalue weighted by Crippen LogP contribution is 2.19. The van der Waals surface area contributed by atoms with Gasteiger partial charge in [-0.3, -0.25) is 4.79 Å². The van der Waals surface area contributed by atoms with E-state index in [1.165, 1.54) is 16.9 Å². The van der Waals surface area contributed by atoms with E-state index < -0.39 is 0 Å². The molecule has 0 aliphatic rings. The van der Waals surface area contributed by atoms with Crippen molar-refractivity contribution in [3.63, 3.8) is 0 Å². The summed E-state index contributed by atoms with van der Waals surface area (Å²) in [6, 6.07) is 8.29. The lowest BCUT2D eigenvalue weighted by Crippen LogP contribution is -2.04. The molecule has 0 unspecified atom stereocenters. The van der Waals surface area contributed by atoms with E-state index in [1.54, 1.807) is 6.92 Å². The van der Waals surface area contributed by atoms with Crippen molar-refractivity contribution in [1.82, 2.24) is 4.98 Å². The Bertz CT molecular complexity index is 590. The fraction of sp³-hybridized carbons (Fsp3) is 0.333. The Morgan fingerprint density at radius 2 is 2.16 bits per heavy atom. The molecule has 2 aromatic rings. The number of nitrogens with zero attached hydrogens (tertiary/aromatic N) is 1. The molecule has 0 bridgehead atoms. The van der Waals surface area contributed by atoms with Gasteiger partial charge in [0.2, 0.25) is 0 Å². The van der Waals surface area contributed by atoms with Crippen LogP contribution in [-0.4, -0.2) is 17.3 Å². The maximum atomic E-state index is 11.4. The van der Waals surface area contributed by atoms with Crippen LogP contribution in [0.2, 0.25) is 0 Å². The van der Waals surface area contributed by atoms with E-state index in [2.05, 4.69) is 35.4 Å². The van der Waals surface area contributed by atoms with Crippen molar-refractivity contribution in [3.8, 4) is 0 Å². The van der Waals surface area contributed by atoms with Gasteiger partial charge in [0.1, 0.15) is 0 Å². The zero-order chi connectivity index (χ0) is 13.8. The lowest BCUT2D eigenvalue weighted by Gasteiger charge is -2.05. The number of anilines is 1. The predicted octanol–water partition coefficient (Wildman–Crippen LogP) is 3.62. The molecule has 1 N–H and O–H groups in total. The van der Waals surface area contributed by atoms with Crippen molar-refractivity contribution >= 4 is 22.8 Å². The fourth-order valence-corrected chi connectivity index (χ4v) is 2.91. The molecule has 4 heteroatoms. The third kappa shape index (κ3) is 3.64. The van der Waals surface area contributed by atoms with E-state index in [0.29, 0.717) is 0 Å². The average molecular weight is 274 g/mol. The number of nitrogens with one attached hydrogen (secondary N) is 1. The van der Waals surface area contributed by atoms with Gasteiger partial charge >= 0.3 is 0 Å². The van der Waals surface area contributed by atoms with Crippen LogP contribution in [0, 0.1) is 13.8 Å². The Morgan fingerprint density at radius 1 is 1.37 bits per heavy atom. The largest absolute Gasteiger partial charge is 0.385 e. The Hall–Kier alpha value is -1.68. The molecular weight excluding hydrogens is 256 g/mol. The van der Waals surface area contributed by atoms with E-state index in [0.717, 1.165) is 34.2 Å². The highest BCUT2D eigenvalue weighted by molar-refractivity contribution is 7.13. The SMILES string of the molecule is CC(=O)c1sc(CCNc2cccc(C)c2)nc1C. The molecule has 0 spiro atoms. The number of rotatable bonds is 5. The highest BCUT2D eigenvalue weighted by atomic mass is 32.1. The standard InChI is InChI=1S/C15H18N2OS/c1-10-5-4-6-13(9-10)16-8-7-14-17-11(2)15(19-14)12(3)18/h4-6,9,16H,7-8H2,1-3H3. The first-order chi connectivity index (χ1) is 9.06. The number of carbonyl (C=O) groups is 1. The molecule has 3 nitrogen and oxygen atoms in total. The maximum absolute atomic E-state index is 11.4. The molecule has 19 heavy (non-hydrogen) atoms. The van der Waals surface area contributed by atoms with Crippen LogP contribution in [0.1, 0.15) is 32.9 Å². The first kappa shape index (κ1) is 13.7. The van der Waals surface area contributed by atoms with Crippen LogP contribution in [-0.2, 0) is 6.42 Å². The Balaban J connectivity index is 1.92. The summed E-state index contributed by atoms with van der Waals surface area (Å²) in [5.74, 6) is 0.105. The number of ketones is 1. The van der Waals surface area contributed by atoms with E-state index in [4.69, 9.17) is 0 Å². The zero-order valence-electron chi connectivity index (χ0n) is 11.5. The molecule has 0 atom stereocenters. The summed E-state index contributed by atoms with van der Waals surface area (Å²) >= 11 is 1.51. The van der Waals surface area contributed by atoms with Gasteiger partial charge in [0.05, 0.1) is 15.6 Å². The van der Waals surface area contributed by atoms with E-state index in [9.17, 15) is 4.79 Å². The molecule has 100 valence electrons. The Labute approximate surface area is 117 Å². The summed E-state index contributed by atoms with van der Waals surface area (Å²) in [4.78, 5) is 16.6. The molecule has 0 aliphatic heterocycles. The minimum atomic E-state index is 0.105. The van der Waals surface area contributed by atoms with Crippen LogP contribution in [0.3, 0.4) is 0 Å². The monoisotopic (exact) mass is 274 g/mol. The van der Waals surface area contributed by atoms with Crippen molar-refractivity contribution in [3.05, 3.63) is 45.4 Å². The number of thiazole rings is 1. The topological polar surface area (TPSA) is 42.0 Å². The molecule has 1 heterocycles. The van der Waals surface area contributed by atoms with Crippen molar-refractivity contribution in [2.24, 2.45) is 0 Å². The van der Waals surface area contributed by atoms with Crippen LogP contribution in [0.25, 0.3) is 0 Å². The second-order valence-corrected chi connectivity index (χ2v) is 5.71. The number of Topliss-reactive ketones (excluding diaryl/α,β-unsaturated/α-hetero) is 1.